The highest BCUT2D eigenvalue weighted by molar-refractivity contribution is 5.64. The number of nitrogens with one attached hydrogen (secondary N) is 1. The highest BCUT2D eigenvalue weighted by Crippen LogP contribution is 2.24. The van der Waals surface area contributed by atoms with E-state index in [1.54, 1.807) is 18.3 Å². The van der Waals surface area contributed by atoms with Gasteiger partial charge in [-0.25, -0.2) is 0 Å². The minimum absolute atomic E-state index is 0.236. The van der Waals surface area contributed by atoms with Gasteiger partial charge < -0.3 is 9.72 Å². The topological polar surface area (TPSA) is 42.1 Å². The van der Waals surface area contributed by atoms with Gasteiger partial charge >= 0.3 is 0 Å². The van der Waals surface area contributed by atoms with Gasteiger partial charge in [-0.15, -0.1) is 0 Å². The monoisotopic (exact) mass is 263 g/mol. The second-order valence-corrected chi connectivity index (χ2v) is 4.36. The third-order valence-electron chi connectivity index (χ3n) is 2.97. The maximum Gasteiger partial charge on any atom is 0.290 e. The molecule has 0 saturated heterocycles. The molecule has 1 heterocycles. The molecule has 1 aromatic heterocycles. The summed E-state index contributed by atoms with van der Waals surface area (Å²) in [5, 5.41) is 0. The molecule has 20 heavy (non-hydrogen) atoms. The molecule has 0 atom stereocenters. The van der Waals surface area contributed by atoms with Gasteiger partial charge in [0.2, 0.25) is 0 Å². The van der Waals surface area contributed by atoms with Crippen LogP contribution in [0.1, 0.15) is 0 Å². The lowest BCUT2D eigenvalue weighted by Gasteiger charge is -2.06. The Balaban J connectivity index is 1.84. The fourth-order valence-corrected chi connectivity index (χ4v) is 1.96. The minimum atomic E-state index is -0.236. The van der Waals surface area contributed by atoms with E-state index in [0.717, 1.165) is 11.1 Å². The molecule has 0 fully saturated rings. The van der Waals surface area contributed by atoms with Crippen molar-refractivity contribution >= 4 is 0 Å². The Labute approximate surface area is 116 Å². The lowest BCUT2D eigenvalue weighted by molar-refractivity contribution is 0.475. The number of pyridine rings is 1. The van der Waals surface area contributed by atoms with Crippen LogP contribution in [0.25, 0.3) is 11.1 Å². The molecule has 0 aliphatic rings. The number of benzene rings is 2. The van der Waals surface area contributed by atoms with Gasteiger partial charge in [0.05, 0.1) is 0 Å². The van der Waals surface area contributed by atoms with Crippen LogP contribution in [0.3, 0.4) is 0 Å². The normalized spacial score (nSPS) is 10.2. The van der Waals surface area contributed by atoms with Crippen molar-refractivity contribution in [2.24, 2.45) is 0 Å². The van der Waals surface area contributed by atoms with E-state index >= 15 is 0 Å². The molecule has 0 aliphatic carbocycles. The van der Waals surface area contributed by atoms with E-state index in [-0.39, 0.29) is 5.56 Å². The van der Waals surface area contributed by atoms with Gasteiger partial charge in [0.1, 0.15) is 5.75 Å². The molecular weight excluding hydrogens is 250 g/mol. The minimum Gasteiger partial charge on any atom is -0.452 e. The average molecular weight is 263 g/mol. The standard InChI is InChI=1S/C17H13NO2/c19-17-16(7-4-12-18-17)20-15-10-8-14(9-11-15)13-5-2-1-3-6-13/h1-12H,(H,18,19). The summed E-state index contributed by atoms with van der Waals surface area (Å²) in [6.45, 7) is 0. The second kappa shape index (κ2) is 5.45. The third-order valence-corrected chi connectivity index (χ3v) is 2.97. The Morgan fingerprint density at radius 2 is 1.45 bits per heavy atom. The van der Waals surface area contributed by atoms with E-state index in [1.807, 2.05) is 42.5 Å². The average Bonchev–Trinajstić information content (AvgIpc) is 2.51. The zero-order chi connectivity index (χ0) is 13.8. The molecule has 98 valence electrons. The molecule has 3 nitrogen and oxygen atoms in total. The number of rotatable bonds is 3. The van der Waals surface area contributed by atoms with Crippen LogP contribution in [0.15, 0.2) is 77.7 Å². The zero-order valence-corrected chi connectivity index (χ0v) is 10.7. The molecule has 0 radical (unpaired) electrons. The summed E-state index contributed by atoms with van der Waals surface area (Å²) >= 11 is 0. The van der Waals surface area contributed by atoms with Crippen LogP contribution in [0, 0.1) is 0 Å². The molecule has 0 bridgehead atoms. The van der Waals surface area contributed by atoms with Gasteiger partial charge in [-0.3, -0.25) is 4.79 Å². The predicted octanol–water partition coefficient (Wildman–Crippen LogP) is 3.83. The zero-order valence-electron chi connectivity index (χ0n) is 10.7. The van der Waals surface area contributed by atoms with Crippen molar-refractivity contribution in [1.29, 1.82) is 0 Å². The summed E-state index contributed by atoms with van der Waals surface area (Å²) < 4.78 is 5.56. The summed E-state index contributed by atoms with van der Waals surface area (Å²) in [6.07, 6.45) is 1.58. The van der Waals surface area contributed by atoms with Crippen molar-refractivity contribution in [3.05, 3.63) is 83.3 Å². The number of aromatic nitrogens is 1. The summed E-state index contributed by atoms with van der Waals surface area (Å²) in [5.74, 6) is 0.932. The van der Waals surface area contributed by atoms with Crippen molar-refractivity contribution in [2.45, 2.75) is 0 Å². The summed E-state index contributed by atoms with van der Waals surface area (Å²) in [5.41, 5.74) is 2.02. The first-order chi connectivity index (χ1) is 9.83. The molecule has 0 spiro atoms. The molecule has 0 saturated carbocycles. The van der Waals surface area contributed by atoms with Crippen molar-refractivity contribution in [3.8, 4) is 22.6 Å². The Kier molecular flexibility index (Phi) is 3.33. The molecule has 3 rings (SSSR count). The number of hydrogen-bond donors (Lipinski definition) is 1. The molecule has 0 unspecified atom stereocenters. The smallest absolute Gasteiger partial charge is 0.290 e. The number of aromatic amines is 1. The lowest BCUT2D eigenvalue weighted by Crippen LogP contribution is -2.06. The lowest BCUT2D eigenvalue weighted by atomic mass is 10.1. The van der Waals surface area contributed by atoms with Crippen LogP contribution in [-0.2, 0) is 0 Å². The summed E-state index contributed by atoms with van der Waals surface area (Å²) in [6, 6.07) is 21.1. The number of hydrogen-bond acceptors (Lipinski definition) is 2. The second-order valence-electron chi connectivity index (χ2n) is 4.36. The molecule has 2 aromatic carbocycles. The van der Waals surface area contributed by atoms with Crippen LogP contribution >= 0.6 is 0 Å². The fraction of sp³-hybridized carbons (Fsp3) is 0. The van der Waals surface area contributed by atoms with Crippen molar-refractivity contribution in [1.82, 2.24) is 4.98 Å². The first kappa shape index (κ1) is 12.2. The van der Waals surface area contributed by atoms with Crippen LogP contribution in [0.5, 0.6) is 11.5 Å². The third kappa shape index (κ3) is 2.62. The maximum atomic E-state index is 11.5. The van der Waals surface area contributed by atoms with E-state index in [9.17, 15) is 4.79 Å². The molecule has 0 aliphatic heterocycles. The Morgan fingerprint density at radius 1 is 0.750 bits per heavy atom. The SMILES string of the molecule is O=c1[nH]cccc1Oc1ccc(-c2ccccc2)cc1. The first-order valence-corrected chi connectivity index (χ1v) is 6.34. The predicted molar refractivity (Wildman–Crippen MR) is 79.0 cm³/mol. The van der Waals surface area contributed by atoms with Crippen LogP contribution in [-0.4, -0.2) is 4.98 Å². The van der Waals surface area contributed by atoms with E-state index in [0.29, 0.717) is 11.5 Å². The van der Waals surface area contributed by atoms with E-state index in [4.69, 9.17) is 4.74 Å². The van der Waals surface area contributed by atoms with Crippen LogP contribution < -0.4 is 10.3 Å². The Morgan fingerprint density at radius 3 is 2.15 bits per heavy atom. The van der Waals surface area contributed by atoms with Gasteiger partial charge in [-0.1, -0.05) is 42.5 Å². The maximum absolute atomic E-state index is 11.5. The molecule has 3 heteroatoms. The quantitative estimate of drug-likeness (QED) is 0.780. The van der Waals surface area contributed by atoms with Gasteiger partial charge in [-0.05, 0) is 35.4 Å². The first-order valence-electron chi connectivity index (χ1n) is 6.34. The van der Waals surface area contributed by atoms with Gasteiger partial charge in [0.15, 0.2) is 5.75 Å². The number of ether oxygens (including phenoxy) is 1. The fourth-order valence-electron chi connectivity index (χ4n) is 1.96. The van der Waals surface area contributed by atoms with Gasteiger partial charge in [0, 0.05) is 6.20 Å². The molecule has 1 N–H and O–H groups in total. The van der Waals surface area contributed by atoms with Crippen molar-refractivity contribution in [3.63, 3.8) is 0 Å². The van der Waals surface area contributed by atoms with E-state index < -0.39 is 0 Å². The van der Waals surface area contributed by atoms with Crippen molar-refractivity contribution in [2.75, 3.05) is 0 Å². The highest BCUT2D eigenvalue weighted by Gasteiger charge is 2.02. The van der Waals surface area contributed by atoms with Crippen LogP contribution in [0.2, 0.25) is 0 Å². The Hall–Kier alpha value is -2.81. The summed E-state index contributed by atoms with van der Waals surface area (Å²) in [4.78, 5) is 14.1. The highest BCUT2D eigenvalue weighted by atomic mass is 16.5. The Bertz CT molecular complexity index is 746. The van der Waals surface area contributed by atoms with Crippen LogP contribution in [0.4, 0.5) is 0 Å². The molecule has 3 aromatic rings. The van der Waals surface area contributed by atoms with E-state index in [1.165, 1.54) is 0 Å². The van der Waals surface area contributed by atoms with Gasteiger partial charge in [0.25, 0.3) is 5.56 Å². The van der Waals surface area contributed by atoms with E-state index in [2.05, 4.69) is 17.1 Å². The summed E-state index contributed by atoms with van der Waals surface area (Å²) in [7, 11) is 0. The molecule has 0 amide bonds. The molecular formula is C17H13NO2. The van der Waals surface area contributed by atoms with Crippen molar-refractivity contribution < 1.29 is 4.74 Å². The largest absolute Gasteiger partial charge is 0.452 e. The van der Waals surface area contributed by atoms with Gasteiger partial charge in [-0.2, -0.15) is 0 Å². The number of H-pyrrole nitrogens is 1.